The monoisotopic (exact) mass is 272 g/mol. The fourth-order valence-electron chi connectivity index (χ4n) is 1.57. The van der Waals surface area contributed by atoms with E-state index in [1.54, 1.807) is 0 Å². The van der Waals surface area contributed by atoms with Gasteiger partial charge in [0.05, 0.1) is 5.69 Å². The molecule has 18 heavy (non-hydrogen) atoms. The average molecular weight is 272 g/mol. The molecule has 1 unspecified atom stereocenters. The number of rotatable bonds is 3. The van der Waals surface area contributed by atoms with Gasteiger partial charge in [0.15, 0.2) is 5.01 Å². The normalized spacial score (nSPS) is 13.6. The Hall–Kier alpha value is -1.40. The van der Waals surface area contributed by atoms with Crippen LogP contribution in [0.5, 0.6) is 0 Å². The Morgan fingerprint density at radius 1 is 1.22 bits per heavy atom. The Labute approximate surface area is 106 Å². The first kappa shape index (κ1) is 13.0. The lowest BCUT2D eigenvalue weighted by Crippen LogP contribution is -2.13. The van der Waals surface area contributed by atoms with Crippen LogP contribution < -0.4 is 5.73 Å². The van der Waals surface area contributed by atoms with Crippen molar-refractivity contribution in [2.45, 2.75) is 18.6 Å². The third-order valence-electron chi connectivity index (χ3n) is 2.45. The highest BCUT2D eigenvalue weighted by Gasteiger charge is 2.34. The molecule has 2 N–H and O–H groups in total. The number of hydrogen-bond acceptors (Lipinski definition) is 3. The number of thiazole rings is 1. The molecule has 0 amide bonds. The molecule has 2 aromatic rings. The molecule has 6 heteroatoms. The number of hydrogen-bond donors (Lipinski definition) is 1. The number of halogens is 3. The van der Waals surface area contributed by atoms with Crippen LogP contribution in [0.4, 0.5) is 13.2 Å². The highest BCUT2D eigenvalue weighted by atomic mass is 32.1. The molecule has 0 aliphatic rings. The molecule has 2 nitrogen and oxygen atoms in total. The molecule has 0 saturated carbocycles. The minimum atomic E-state index is -4.38. The van der Waals surface area contributed by atoms with E-state index in [0.29, 0.717) is 23.5 Å². The zero-order chi connectivity index (χ0) is 13.2. The van der Waals surface area contributed by atoms with Gasteiger partial charge in [-0.2, -0.15) is 13.2 Å². The van der Waals surface area contributed by atoms with E-state index in [0.717, 1.165) is 5.56 Å². The van der Waals surface area contributed by atoms with Crippen molar-refractivity contribution in [2.75, 3.05) is 0 Å². The predicted molar refractivity (Wildman–Crippen MR) is 64.2 cm³/mol. The van der Waals surface area contributed by atoms with Crippen LogP contribution in [0.25, 0.3) is 0 Å². The largest absolute Gasteiger partial charge is 0.443 e. The molecule has 0 radical (unpaired) electrons. The topological polar surface area (TPSA) is 38.9 Å². The summed E-state index contributed by atoms with van der Waals surface area (Å²) in [4.78, 5) is 3.56. The van der Waals surface area contributed by atoms with Crippen molar-refractivity contribution in [1.29, 1.82) is 0 Å². The first-order chi connectivity index (χ1) is 8.47. The van der Waals surface area contributed by atoms with Gasteiger partial charge in [-0.1, -0.05) is 30.3 Å². The summed E-state index contributed by atoms with van der Waals surface area (Å²) in [5.74, 6) is 0. The van der Waals surface area contributed by atoms with E-state index in [1.807, 2.05) is 30.3 Å². The predicted octanol–water partition coefficient (Wildman–Crippen LogP) is 3.40. The second-order valence-electron chi connectivity index (χ2n) is 3.86. The van der Waals surface area contributed by atoms with Gasteiger partial charge in [-0.3, -0.25) is 0 Å². The summed E-state index contributed by atoms with van der Waals surface area (Å²) >= 11 is 0.602. The maximum atomic E-state index is 12.4. The van der Waals surface area contributed by atoms with Gasteiger partial charge in [0.25, 0.3) is 0 Å². The molecular weight excluding hydrogens is 261 g/mol. The van der Waals surface area contributed by atoms with Crippen molar-refractivity contribution in [3.05, 3.63) is 52.0 Å². The molecule has 2 rings (SSSR count). The molecule has 0 spiro atoms. The Kier molecular flexibility index (Phi) is 3.68. The fourth-order valence-corrected chi connectivity index (χ4v) is 2.27. The summed E-state index contributed by atoms with van der Waals surface area (Å²) in [6, 6.07) is 8.91. The molecule has 1 aromatic heterocycles. The SMILES string of the molecule is NC(Cc1csc(C(F)(F)F)n1)c1ccccc1. The Morgan fingerprint density at radius 2 is 1.89 bits per heavy atom. The van der Waals surface area contributed by atoms with Crippen LogP contribution in [0, 0.1) is 0 Å². The minimum Gasteiger partial charge on any atom is -0.324 e. The molecule has 0 aliphatic heterocycles. The summed E-state index contributed by atoms with van der Waals surface area (Å²) in [6.07, 6.45) is -4.07. The Bertz CT molecular complexity index is 508. The number of benzene rings is 1. The van der Waals surface area contributed by atoms with Crippen molar-refractivity contribution >= 4 is 11.3 Å². The third kappa shape index (κ3) is 3.08. The zero-order valence-electron chi connectivity index (χ0n) is 9.32. The maximum Gasteiger partial charge on any atom is 0.443 e. The second-order valence-corrected chi connectivity index (χ2v) is 4.72. The maximum absolute atomic E-state index is 12.4. The van der Waals surface area contributed by atoms with Crippen molar-refractivity contribution in [3.8, 4) is 0 Å². The molecule has 1 aromatic carbocycles. The van der Waals surface area contributed by atoms with E-state index < -0.39 is 11.2 Å². The zero-order valence-corrected chi connectivity index (χ0v) is 10.1. The summed E-state index contributed by atoms with van der Waals surface area (Å²) in [5.41, 5.74) is 7.20. The van der Waals surface area contributed by atoms with Gasteiger partial charge in [-0.05, 0) is 5.56 Å². The lowest BCUT2D eigenvalue weighted by atomic mass is 10.0. The van der Waals surface area contributed by atoms with Crippen molar-refractivity contribution in [3.63, 3.8) is 0 Å². The van der Waals surface area contributed by atoms with Gasteiger partial charge in [0.1, 0.15) is 0 Å². The van der Waals surface area contributed by atoms with Gasteiger partial charge < -0.3 is 5.73 Å². The number of nitrogens with two attached hydrogens (primary N) is 1. The van der Waals surface area contributed by atoms with E-state index >= 15 is 0 Å². The number of nitrogens with zero attached hydrogens (tertiary/aromatic N) is 1. The molecule has 1 atom stereocenters. The van der Waals surface area contributed by atoms with Crippen LogP contribution in [0.1, 0.15) is 22.3 Å². The van der Waals surface area contributed by atoms with Crippen LogP contribution in [-0.2, 0) is 12.6 Å². The van der Waals surface area contributed by atoms with Crippen molar-refractivity contribution in [1.82, 2.24) is 4.98 Å². The third-order valence-corrected chi connectivity index (χ3v) is 3.39. The molecule has 96 valence electrons. The Balaban J connectivity index is 2.08. The highest BCUT2D eigenvalue weighted by molar-refractivity contribution is 7.09. The molecule has 0 saturated heterocycles. The summed E-state index contributed by atoms with van der Waals surface area (Å²) in [6.45, 7) is 0. The van der Waals surface area contributed by atoms with Crippen molar-refractivity contribution in [2.24, 2.45) is 5.73 Å². The van der Waals surface area contributed by atoms with E-state index in [2.05, 4.69) is 4.98 Å². The van der Waals surface area contributed by atoms with Gasteiger partial charge in [-0.15, -0.1) is 11.3 Å². The van der Waals surface area contributed by atoms with Crippen LogP contribution in [-0.4, -0.2) is 4.98 Å². The van der Waals surface area contributed by atoms with Crippen LogP contribution >= 0.6 is 11.3 Å². The van der Waals surface area contributed by atoms with E-state index in [9.17, 15) is 13.2 Å². The van der Waals surface area contributed by atoms with Gasteiger partial charge >= 0.3 is 6.18 Å². The van der Waals surface area contributed by atoms with Gasteiger partial charge in [0.2, 0.25) is 0 Å². The lowest BCUT2D eigenvalue weighted by molar-refractivity contribution is -0.137. The molecule has 0 bridgehead atoms. The molecule has 1 heterocycles. The fraction of sp³-hybridized carbons (Fsp3) is 0.250. The van der Waals surface area contributed by atoms with Crippen molar-refractivity contribution < 1.29 is 13.2 Å². The first-order valence-corrected chi connectivity index (χ1v) is 6.17. The summed E-state index contributed by atoms with van der Waals surface area (Å²) in [5, 5.41) is 0.587. The van der Waals surface area contributed by atoms with E-state index in [4.69, 9.17) is 5.73 Å². The summed E-state index contributed by atoms with van der Waals surface area (Å²) in [7, 11) is 0. The first-order valence-electron chi connectivity index (χ1n) is 5.29. The average Bonchev–Trinajstić information content (AvgIpc) is 2.78. The lowest BCUT2D eigenvalue weighted by Gasteiger charge is -2.09. The van der Waals surface area contributed by atoms with E-state index in [-0.39, 0.29) is 6.04 Å². The standard InChI is InChI=1S/C12H11F3N2S/c13-12(14,15)11-17-9(7-18-11)6-10(16)8-4-2-1-3-5-8/h1-5,7,10H,6,16H2. The smallest absolute Gasteiger partial charge is 0.324 e. The molecule has 0 aliphatic carbocycles. The van der Waals surface area contributed by atoms with Gasteiger partial charge in [-0.25, -0.2) is 4.98 Å². The number of alkyl halides is 3. The Morgan fingerprint density at radius 3 is 2.44 bits per heavy atom. The van der Waals surface area contributed by atoms with Crippen LogP contribution in [0.15, 0.2) is 35.7 Å². The molecular formula is C12H11F3N2S. The second kappa shape index (κ2) is 5.07. The van der Waals surface area contributed by atoms with Crippen LogP contribution in [0.2, 0.25) is 0 Å². The summed E-state index contributed by atoms with van der Waals surface area (Å²) < 4.78 is 37.1. The van der Waals surface area contributed by atoms with Crippen LogP contribution in [0.3, 0.4) is 0 Å². The molecule has 0 fully saturated rings. The highest BCUT2D eigenvalue weighted by Crippen LogP contribution is 2.32. The van der Waals surface area contributed by atoms with Gasteiger partial charge in [0, 0.05) is 17.8 Å². The van der Waals surface area contributed by atoms with E-state index in [1.165, 1.54) is 5.38 Å². The minimum absolute atomic E-state index is 0.302. The number of aromatic nitrogens is 1. The quantitative estimate of drug-likeness (QED) is 0.930.